The molecule has 0 aliphatic carbocycles. The van der Waals surface area contributed by atoms with Crippen molar-refractivity contribution in [1.82, 2.24) is 24.9 Å². The largest absolute Gasteiger partial charge is 0.481 e. The molecular weight excluding hydrogens is 362 g/mol. The summed E-state index contributed by atoms with van der Waals surface area (Å²) in [6.07, 6.45) is 11.5. The Labute approximate surface area is 161 Å². The highest BCUT2D eigenvalue weighted by molar-refractivity contribution is 6.31. The lowest BCUT2D eigenvalue weighted by atomic mass is 10.1. The maximum Gasteiger partial charge on any atom is 0.212 e. The zero-order valence-corrected chi connectivity index (χ0v) is 15.6. The number of nitrogens with zero attached hydrogens (tertiary/aromatic N) is 4. The van der Waals surface area contributed by atoms with Crippen LogP contribution in [0.4, 0.5) is 0 Å². The number of H-pyrrole nitrogens is 1. The summed E-state index contributed by atoms with van der Waals surface area (Å²) in [5.41, 5.74) is 4.14. The number of halogens is 1. The average Bonchev–Trinajstić information content (AvgIpc) is 3.10. The molecule has 0 bridgehead atoms. The summed E-state index contributed by atoms with van der Waals surface area (Å²) < 4.78 is 5.07. The van der Waals surface area contributed by atoms with Gasteiger partial charge in [0.2, 0.25) is 5.88 Å². The molecule has 0 saturated carbocycles. The van der Waals surface area contributed by atoms with E-state index in [-0.39, 0.29) is 0 Å². The van der Waals surface area contributed by atoms with Crippen molar-refractivity contribution >= 4 is 22.6 Å². The van der Waals surface area contributed by atoms with Crippen molar-refractivity contribution in [3.63, 3.8) is 0 Å². The van der Waals surface area contributed by atoms with E-state index in [0.717, 1.165) is 52.8 Å². The van der Waals surface area contributed by atoms with Crippen LogP contribution in [0.5, 0.6) is 5.88 Å². The Kier molecular flexibility index (Phi) is 4.98. The van der Waals surface area contributed by atoms with Crippen LogP contribution in [0.3, 0.4) is 0 Å². The summed E-state index contributed by atoms with van der Waals surface area (Å²) in [7, 11) is 1.61. The van der Waals surface area contributed by atoms with E-state index in [1.54, 1.807) is 13.3 Å². The lowest BCUT2D eigenvalue weighted by molar-refractivity contribution is 0.397. The Morgan fingerprint density at radius 2 is 1.78 bits per heavy atom. The van der Waals surface area contributed by atoms with Gasteiger partial charge in [0.1, 0.15) is 11.5 Å². The van der Waals surface area contributed by atoms with Gasteiger partial charge in [-0.2, -0.15) is 0 Å². The van der Waals surface area contributed by atoms with E-state index >= 15 is 0 Å². The minimum absolute atomic E-state index is 0.619. The average molecular weight is 380 g/mol. The number of pyridine rings is 2. The minimum Gasteiger partial charge on any atom is -0.481 e. The number of methoxy groups -OCH3 is 1. The smallest absolute Gasteiger partial charge is 0.212 e. The highest BCUT2D eigenvalue weighted by Gasteiger charge is 2.08. The molecule has 0 saturated heterocycles. The van der Waals surface area contributed by atoms with Gasteiger partial charge < -0.3 is 9.72 Å². The standard InChI is InChI=1S/C20H18ClN5O/c1-27-19-5-3-13(8-24-19)2-4-18-22-9-14(10-23-18)6-15-11-25-20-17(15)7-16(21)12-26-20/h3,5,7-12H,2,4,6H2,1H3,(H,25,26). The van der Waals surface area contributed by atoms with Gasteiger partial charge in [0, 0.05) is 55.3 Å². The SMILES string of the molecule is COc1ccc(CCc2ncc(Cc3c[nH]c4ncc(Cl)cc34)cn2)cn1. The van der Waals surface area contributed by atoms with Crippen LogP contribution < -0.4 is 4.74 Å². The Morgan fingerprint density at radius 1 is 0.963 bits per heavy atom. The lowest BCUT2D eigenvalue weighted by Crippen LogP contribution is -2.00. The van der Waals surface area contributed by atoms with Crippen molar-refractivity contribution in [1.29, 1.82) is 0 Å². The molecule has 0 fully saturated rings. The van der Waals surface area contributed by atoms with E-state index in [1.807, 2.05) is 43.0 Å². The highest BCUT2D eigenvalue weighted by atomic mass is 35.5. The van der Waals surface area contributed by atoms with Crippen molar-refractivity contribution in [2.75, 3.05) is 7.11 Å². The van der Waals surface area contributed by atoms with Crippen LogP contribution in [0.25, 0.3) is 11.0 Å². The zero-order valence-electron chi connectivity index (χ0n) is 14.8. The maximum absolute atomic E-state index is 6.06. The molecule has 0 aliphatic heterocycles. The molecule has 0 aliphatic rings. The first-order chi connectivity index (χ1) is 13.2. The zero-order chi connectivity index (χ0) is 18.6. The second-order valence-corrected chi connectivity index (χ2v) is 6.69. The van der Waals surface area contributed by atoms with E-state index in [1.165, 1.54) is 0 Å². The predicted octanol–water partition coefficient (Wildman–Crippen LogP) is 3.79. The number of fused-ring (bicyclic) bond motifs is 1. The van der Waals surface area contributed by atoms with E-state index in [9.17, 15) is 0 Å². The molecule has 27 heavy (non-hydrogen) atoms. The molecule has 4 aromatic heterocycles. The quantitative estimate of drug-likeness (QED) is 0.551. The van der Waals surface area contributed by atoms with E-state index in [2.05, 4.69) is 24.9 Å². The van der Waals surface area contributed by atoms with Gasteiger partial charge in [-0.25, -0.2) is 19.9 Å². The number of hydrogen-bond donors (Lipinski definition) is 1. The third-order valence-electron chi connectivity index (χ3n) is 4.38. The fraction of sp³-hybridized carbons (Fsp3) is 0.200. The van der Waals surface area contributed by atoms with E-state index < -0.39 is 0 Å². The van der Waals surface area contributed by atoms with Gasteiger partial charge >= 0.3 is 0 Å². The third-order valence-corrected chi connectivity index (χ3v) is 4.59. The molecule has 1 N–H and O–H groups in total. The first-order valence-electron chi connectivity index (χ1n) is 8.61. The summed E-state index contributed by atoms with van der Waals surface area (Å²) in [4.78, 5) is 20.7. The number of ether oxygens (including phenoxy) is 1. The monoisotopic (exact) mass is 379 g/mol. The van der Waals surface area contributed by atoms with Gasteiger partial charge in [0.25, 0.3) is 0 Å². The molecule has 0 unspecified atom stereocenters. The summed E-state index contributed by atoms with van der Waals surface area (Å²) in [6.45, 7) is 0. The van der Waals surface area contributed by atoms with Gasteiger partial charge in [-0.3, -0.25) is 0 Å². The minimum atomic E-state index is 0.619. The Balaban J connectivity index is 1.41. The van der Waals surface area contributed by atoms with Gasteiger partial charge in [-0.05, 0) is 29.2 Å². The first kappa shape index (κ1) is 17.4. The molecule has 0 aromatic carbocycles. The summed E-state index contributed by atoms with van der Waals surface area (Å²) >= 11 is 6.06. The fourth-order valence-electron chi connectivity index (χ4n) is 2.94. The third kappa shape index (κ3) is 4.06. The van der Waals surface area contributed by atoms with Crippen LogP contribution in [0.15, 0.2) is 49.2 Å². The summed E-state index contributed by atoms with van der Waals surface area (Å²) in [6, 6.07) is 5.80. The molecule has 0 spiro atoms. The van der Waals surface area contributed by atoms with Gasteiger partial charge in [0.15, 0.2) is 0 Å². The molecule has 0 atom stereocenters. The number of aromatic nitrogens is 5. The van der Waals surface area contributed by atoms with Crippen molar-refractivity contribution in [3.05, 3.63) is 76.7 Å². The van der Waals surface area contributed by atoms with Crippen molar-refractivity contribution < 1.29 is 4.74 Å². The van der Waals surface area contributed by atoms with Gasteiger partial charge in [-0.1, -0.05) is 17.7 Å². The van der Waals surface area contributed by atoms with Crippen LogP contribution in [-0.4, -0.2) is 32.0 Å². The second kappa shape index (κ2) is 7.72. The molecule has 4 heterocycles. The van der Waals surface area contributed by atoms with Crippen LogP contribution in [0, 0.1) is 0 Å². The van der Waals surface area contributed by atoms with Crippen LogP contribution >= 0.6 is 11.6 Å². The van der Waals surface area contributed by atoms with Crippen LogP contribution in [0.1, 0.15) is 22.5 Å². The number of hydrogen-bond acceptors (Lipinski definition) is 5. The van der Waals surface area contributed by atoms with Crippen LogP contribution in [0.2, 0.25) is 5.02 Å². The van der Waals surface area contributed by atoms with Gasteiger partial charge in [0.05, 0.1) is 12.1 Å². The topological polar surface area (TPSA) is 76.6 Å². The molecule has 6 nitrogen and oxygen atoms in total. The molecule has 136 valence electrons. The number of aryl methyl sites for hydroxylation is 2. The lowest BCUT2D eigenvalue weighted by Gasteiger charge is -2.04. The van der Waals surface area contributed by atoms with Crippen molar-refractivity contribution in [2.45, 2.75) is 19.3 Å². The van der Waals surface area contributed by atoms with E-state index in [0.29, 0.717) is 10.9 Å². The molecule has 7 heteroatoms. The Hall–Kier alpha value is -2.99. The fourth-order valence-corrected chi connectivity index (χ4v) is 3.09. The number of nitrogens with one attached hydrogen (secondary N) is 1. The molecule has 4 aromatic rings. The number of rotatable bonds is 6. The first-order valence-corrected chi connectivity index (χ1v) is 8.99. The van der Waals surface area contributed by atoms with Crippen LogP contribution in [-0.2, 0) is 19.3 Å². The molecule has 0 amide bonds. The van der Waals surface area contributed by atoms with E-state index in [4.69, 9.17) is 16.3 Å². The van der Waals surface area contributed by atoms with Gasteiger partial charge in [-0.15, -0.1) is 0 Å². The highest BCUT2D eigenvalue weighted by Crippen LogP contribution is 2.22. The summed E-state index contributed by atoms with van der Waals surface area (Å²) in [5, 5.41) is 1.65. The summed E-state index contributed by atoms with van der Waals surface area (Å²) in [5.74, 6) is 1.44. The Bertz CT molecular complexity index is 1040. The Morgan fingerprint density at radius 3 is 2.52 bits per heavy atom. The molecular formula is C20H18ClN5O. The van der Waals surface area contributed by atoms with Crippen molar-refractivity contribution in [3.8, 4) is 5.88 Å². The second-order valence-electron chi connectivity index (χ2n) is 6.26. The maximum atomic E-state index is 6.06. The number of aromatic amines is 1. The molecule has 0 radical (unpaired) electrons. The predicted molar refractivity (Wildman–Crippen MR) is 104 cm³/mol. The molecule has 4 rings (SSSR count). The normalized spacial score (nSPS) is 11.0. The van der Waals surface area contributed by atoms with Crippen molar-refractivity contribution in [2.24, 2.45) is 0 Å².